The predicted octanol–water partition coefficient (Wildman–Crippen LogP) is 4.26. The highest BCUT2D eigenvalue weighted by molar-refractivity contribution is 5.70. The summed E-state index contributed by atoms with van der Waals surface area (Å²) < 4.78 is 5.49. The fourth-order valence-corrected chi connectivity index (χ4v) is 1.88. The van der Waals surface area contributed by atoms with Crippen molar-refractivity contribution in [1.82, 2.24) is 0 Å². The molecule has 120 valence electrons. The summed E-state index contributed by atoms with van der Waals surface area (Å²) in [4.78, 5) is 22.2. The average Bonchev–Trinajstić information content (AvgIpc) is 2.37. The van der Waals surface area contributed by atoms with Crippen molar-refractivity contribution in [3.63, 3.8) is 0 Å². The van der Waals surface area contributed by atoms with Gasteiger partial charge < -0.3 is 9.84 Å². The van der Waals surface area contributed by atoms with Gasteiger partial charge in [-0.15, -0.1) is 0 Å². The third-order valence-electron chi connectivity index (χ3n) is 3.24. The maximum atomic E-state index is 11.8. The van der Waals surface area contributed by atoms with Crippen LogP contribution in [0, 0.1) is 0 Å². The van der Waals surface area contributed by atoms with E-state index in [2.05, 4.69) is 12.7 Å². The number of carbonyl (C=O) groups excluding carboxylic acids is 1. The summed E-state index contributed by atoms with van der Waals surface area (Å²) in [6.07, 6.45) is 7.81. The van der Waals surface area contributed by atoms with Crippen molar-refractivity contribution < 1.29 is 19.4 Å². The molecular weight excluding hydrogens is 268 g/mol. The van der Waals surface area contributed by atoms with Gasteiger partial charge in [0, 0.05) is 12.8 Å². The number of ether oxygens (including phenoxy) is 1. The number of carboxylic acid groups (broad SMARTS) is 1. The normalized spacial score (nSPS) is 13.1. The lowest BCUT2D eigenvalue weighted by Crippen LogP contribution is -2.29. The lowest BCUT2D eigenvalue weighted by molar-refractivity contribution is -0.154. The first-order valence-electron chi connectivity index (χ1n) is 7.49. The van der Waals surface area contributed by atoms with Gasteiger partial charge in [0.2, 0.25) is 0 Å². The van der Waals surface area contributed by atoms with E-state index < -0.39 is 11.6 Å². The highest BCUT2D eigenvalue weighted by Gasteiger charge is 2.23. The first-order valence-corrected chi connectivity index (χ1v) is 7.49. The molecule has 4 nitrogen and oxygen atoms in total. The van der Waals surface area contributed by atoms with E-state index in [1.54, 1.807) is 6.08 Å². The van der Waals surface area contributed by atoms with E-state index >= 15 is 0 Å². The summed E-state index contributed by atoms with van der Waals surface area (Å²) in [5.74, 6) is -1.04. The summed E-state index contributed by atoms with van der Waals surface area (Å²) in [6, 6.07) is 0. The summed E-state index contributed by atoms with van der Waals surface area (Å²) in [5.41, 5.74) is 0.607. The van der Waals surface area contributed by atoms with Gasteiger partial charge in [0.15, 0.2) is 0 Å². The molecule has 0 rings (SSSR count). The molecule has 1 N–H and O–H groups in total. The molecular formula is C17H28O4. The van der Waals surface area contributed by atoms with Gasteiger partial charge in [-0.25, -0.2) is 0 Å². The molecule has 0 spiro atoms. The largest absolute Gasteiger partial charge is 0.481 e. The van der Waals surface area contributed by atoms with E-state index in [0.29, 0.717) is 25.7 Å². The maximum absolute atomic E-state index is 11.8. The third kappa shape index (κ3) is 10.8. The third-order valence-corrected chi connectivity index (χ3v) is 3.24. The Morgan fingerprint density at radius 1 is 1.19 bits per heavy atom. The standard InChI is InChI=1S/C17H28O4/c1-5-17(4,13-9-10-14(2)3)21-16(20)12-8-6-7-11-15(18)19/h5,10H,1,6-9,11-13H2,2-4H3,(H,18,19). The van der Waals surface area contributed by atoms with E-state index in [1.807, 2.05) is 20.8 Å². The van der Waals surface area contributed by atoms with E-state index in [9.17, 15) is 9.59 Å². The number of aliphatic carboxylic acids is 1. The van der Waals surface area contributed by atoms with Crippen LogP contribution in [0.1, 0.15) is 65.7 Å². The second kappa shape index (κ2) is 10.2. The molecule has 0 aromatic heterocycles. The van der Waals surface area contributed by atoms with Crippen molar-refractivity contribution in [2.75, 3.05) is 0 Å². The van der Waals surface area contributed by atoms with Crippen molar-refractivity contribution in [3.05, 3.63) is 24.3 Å². The monoisotopic (exact) mass is 296 g/mol. The number of hydrogen-bond acceptors (Lipinski definition) is 3. The summed E-state index contributed by atoms with van der Waals surface area (Å²) in [7, 11) is 0. The molecule has 0 saturated heterocycles. The topological polar surface area (TPSA) is 63.6 Å². The first-order chi connectivity index (χ1) is 9.79. The van der Waals surface area contributed by atoms with Gasteiger partial charge in [-0.1, -0.05) is 24.6 Å². The van der Waals surface area contributed by atoms with Crippen molar-refractivity contribution in [2.45, 2.75) is 71.3 Å². The Labute approximate surface area is 127 Å². The Bertz CT molecular complexity index is 380. The Morgan fingerprint density at radius 3 is 2.33 bits per heavy atom. The van der Waals surface area contributed by atoms with E-state index in [1.165, 1.54) is 5.57 Å². The number of carboxylic acids is 1. The molecule has 0 heterocycles. The zero-order valence-electron chi connectivity index (χ0n) is 13.5. The van der Waals surface area contributed by atoms with Crippen molar-refractivity contribution in [2.24, 2.45) is 0 Å². The molecule has 0 bridgehead atoms. The Balaban J connectivity index is 4.05. The van der Waals surface area contributed by atoms with Gasteiger partial charge in [-0.3, -0.25) is 9.59 Å². The predicted molar refractivity (Wildman–Crippen MR) is 84.1 cm³/mol. The molecule has 0 aromatic carbocycles. The first kappa shape index (κ1) is 19.4. The van der Waals surface area contributed by atoms with Gasteiger partial charge in [0.1, 0.15) is 5.60 Å². The molecule has 4 heteroatoms. The average molecular weight is 296 g/mol. The maximum Gasteiger partial charge on any atom is 0.306 e. The van der Waals surface area contributed by atoms with Crippen LogP contribution in [0.3, 0.4) is 0 Å². The summed E-state index contributed by atoms with van der Waals surface area (Å²) in [5, 5.41) is 8.52. The molecule has 1 unspecified atom stereocenters. The molecule has 0 aromatic rings. The van der Waals surface area contributed by atoms with E-state index in [0.717, 1.165) is 12.8 Å². The Morgan fingerprint density at radius 2 is 1.81 bits per heavy atom. The lowest BCUT2D eigenvalue weighted by atomic mass is 9.99. The molecule has 1 atom stereocenters. The second-order valence-electron chi connectivity index (χ2n) is 5.77. The van der Waals surface area contributed by atoms with Gasteiger partial charge in [-0.05, 0) is 52.5 Å². The summed E-state index contributed by atoms with van der Waals surface area (Å²) in [6.45, 7) is 9.68. The number of carbonyl (C=O) groups is 2. The number of allylic oxidation sites excluding steroid dienone is 2. The van der Waals surface area contributed by atoms with E-state index in [-0.39, 0.29) is 12.4 Å². The number of rotatable bonds is 11. The molecule has 0 aliphatic heterocycles. The summed E-state index contributed by atoms with van der Waals surface area (Å²) >= 11 is 0. The number of esters is 1. The highest BCUT2D eigenvalue weighted by Crippen LogP contribution is 2.21. The van der Waals surface area contributed by atoms with Crippen LogP contribution in [0.25, 0.3) is 0 Å². The number of unbranched alkanes of at least 4 members (excludes halogenated alkanes) is 2. The quantitative estimate of drug-likeness (QED) is 0.351. The van der Waals surface area contributed by atoms with E-state index in [4.69, 9.17) is 9.84 Å². The Kier molecular flexibility index (Phi) is 9.42. The molecule has 0 saturated carbocycles. The molecule has 0 aliphatic carbocycles. The SMILES string of the molecule is C=CC(C)(CCC=C(C)C)OC(=O)CCCCCC(=O)O. The van der Waals surface area contributed by atoms with Crippen molar-refractivity contribution in [1.29, 1.82) is 0 Å². The Hall–Kier alpha value is -1.58. The lowest BCUT2D eigenvalue weighted by Gasteiger charge is -2.25. The molecule has 0 radical (unpaired) electrons. The van der Waals surface area contributed by atoms with Crippen LogP contribution in [0.2, 0.25) is 0 Å². The van der Waals surface area contributed by atoms with Crippen LogP contribution < -0.4 is 0 Å². The van der Waals surface area contributed by atoms with Crippen molar-refractivity contribution in [3.8, 4) is 0 Å². The zero-order valence-corrected chi connectivity index (χ0v) is 13.5. The molecule has 0 fully saturated rings. The second-order valence-corrected chi connectivity index (χ2v) is 5.77. The van der Waals surface area contributed by atoms with Crippen LogP contribution in [-0.4, -0.2) is 22.6 Å². The van der Waals surface area contributed by atoms with Gasteiger partial charge in [0.25, 0.3) is 0 Å². The van der Waals surface area contributed by atoms with Crippen LogP contribution in [0.4, 0.5) is 0 Å². The van der Waals surface area contributed by atoms with Crippen molar-refractivity contribution >= 4 is 11.9 Å². The fourth-order valence-electron chi connectivity index (χ4n) is 1.88. The van der Waals surface area contributed by atoms with Crippen LogP contribution in [-0.2, 0) is 14.3 Å². The van der Waals surface area contributed by atoms with Gasteiger partial charge in [0.05, 0.1) is 0 Å². The number of hydrogen-bond donors (Lipinski definition) is 1. The highest BCUT2D eigenvalue weighted by atomic mass is 16.6. The molecule has 0 aliphatic rings. The molecule has 21 heavy (non-hydrogen) atoms. The van der Waals surface area contributed by atoms with Crippen LogP contribution in [0.5, 0.6) is 0 Å². The minimum atomic E-state index is -0.795. The van der Waals surface area contributed by atoms with Gasteiger partial charge in [-0.2, -0.15) is 0 Å². The smallest absolute Gasteiger partial charge is 0.306 e. The van der Waals surface area contributed by atoms with Crippen LogP contribution >= 0.6 is 0 Å². The minimum Gasteiger partial charge on any atom is -0.481 e. The molecule has 0 amide bonds. The van der Waals surface area contributed by atoms with Gasteiger partial charge >= 0.3 is 11.9 Å². The zero-order chi connectivity index (χ0) is 16.3. The fraction of sp³-hybridized carbons (Fsp3) is 0.647. The van der Waals surface area contributed by atoms with Crippen LogP contribution in [0.15, 0.2) is 24.3 Å². The minimum absolute atomic E-state index is 0.155.